The molecule has 1 atom stereocenters. The highest BCUT2D eigenvalue weighted by atomic mass is 16.6. The second-order valence-corrected chi connectivity index (χ2v) is 4.16. The Labute approximate surface area is 90.8 Å². The van der Waals surface area contributed by atoms with Crippen LogP contribution in [-0.4, -0.2) is 19.2 Å². The van der Waals surface area contributed by atoms with Crippen LogP contribution < -0.4 is 10.8 Å². The molecule has 0 aromatic heterocycles. The van der Waals surface area contributed by atoms with E-state index in [1.54, 1.807) is 0 Å². The number of aryl methyl sites for hydroxylation is 1. The van der Waals surface area contributed by atoms with E-state index in [1.807, 2.05) is 0 Å². The Hall–Kier alpha value is -1.06. The number of nitrogens with two attached hydrogens (primary N) is 1. The van der Waals surface area contributed by atoms with Crippen LogP contribution in [0.5, 0.6) is 0 Å². The van der Waals surface area contributed by atoms with Crippen LogP contribution in [0.2, 0.25) is 0 Å². The Balaban J connectivity index is 2.15. The normalized spacial score (nSPS) is 20.9. The van der Waals surface area contributed by atoms with Crippen LogP contribution in [0.3, 0.4) is 0 Å². The maximum atomic E-state index is 5.15. The molecule has 1 aromatic rings. The number of rotatable bonds is 3. The smallest absolute Gasteiger partial charge is 0.0882 e. The number of nitrogens with zero attached hydrogens (tertiary/aromatic N) is 1. The largest absolute Gasteiger partial charge is 0.366 e. The van der Waals surface area contributed by atoms with Crippen molar-refractivity contribution >= 4 is 5.69 Å². The van der Waals surface area contributed by atoms with Gasteiger partial charge in [-0.3, -0.25) is 0 Å². The lowest BCUT2D eigenvalue weighted by Gasteiger charge is -2.26. The molecule has 82 valence electrons. The summed E-state index contributed by atoms with van der Waals surface area (Å²) in [6, 6.07) is 9.03. The van der Waals surface area contributed by atoms with Crippen molar-refractivity contribution in [3.05, 3.63) is 29.8 Å². The van der Waals surface area contributed by atoms with Crippen molar-refractivity contribution in [1.29, 1.82) is 0 Å². The average Bonchev–Trinajstić information content (AvgIpc) is 2.66. The molecule has 1 aliphatic rings. The fourth-order valence-electron chi connectivity index (χ4n) is 2.27. The monoisotopic (exact) mass is 206 g/mol. The quantitative estimate of drug-likeness (QED) is 0.767. The second-order valence-electron chi connectivity index (χ2n) is 4.16. The van der Waals surface area contributed by atoms with Crippen molar-refractivity contribution in [2.75, 3.05) is 18.1 Å². The highest BCUT2D eigenvalue weighted by molar-refractivity contribution is 5.50. The minimum Gasteiger partial charge on any atom is -0.366 e. The fourth-order valence-corrected chi connectivity index (χ4v) is 2.27. The Morgan fingerprint density at radius 3 is 3.13 bits per heavy atom. The SMILES string of the molecule is Cc1cccc(N2CCCC2CON)c1. The van der Waals surface area contributed by atoms with E-state index in [0.717, 1.165) is 6.54 Å². The van der Waals surface area contributed by atoms with Crippen LogP contribution in [0.1, 0.15) is 18.4 Å². The molecule has 1 saturated heterocycles. The third-order valence-corrected chi connectivity index (χ3v) is 3.00. The van der Waals surface area contributed by atoms with E-state index in [4.69, 9.17) is 10.7 Å². The van der Waals surface area contributed by atoms with E-state index < -0.39 is 0 Å². The molecule has 0 bridgehead atoms. The summed E-state index contributed by atoms with van der Waals surface area (Å²) < 4.78 is 0. The van der Waals surface area contributed by atoms with Gasteiger partial charge in [-0.05, 0) is 37.5 Å². The topological polar surface area (TPSA) is 38.5 Å². The summed E-state index contributed by atoms with van der Waals surface area (Å²) >= 11 is 0. The van der Waals surface area contributed by atoms with Gasteiger partial charge < -0.3 is 9.74 Å². The molecule has 3 heteroatoms. The third-order valence-electron chi connectivity index (χ3n) is 3.00. The average molecular weight is 206 g/mol. The molecule has 0 aliphatic carbocycles. The summed E-state index contributed by atoms with van der Waals surface area (Å²) in [5, 5.41) is 0. The number of benzene rings is 1. The van der Waals surface area contributed by atoms with Crippen molar-refractivity contribution < 1.29 is 4.84 Å². The first kappa shape index (κ1) is 10.5. The van der Waals surface area contributed by atoms with E-state index in [9.17, 15) is 0 Å². The Bertz CT molecular complexity index is 327. The van der Waals surface area contributed by atoms with Crippen LogP contribution in [-0.2, 0) is 4.84 Å². The summed E-state index contributed by atoms with van der Waals surface area (Å²) in [7, 11) is 0. The highest BCUT2D eigenvalue weighted by Crippen LogP contribution is 2.25. The van der Waals surface area contributed by atoms with Crippen LogP contribution >= 0.6 is 0 Å². The molecule has 2 N–H and O–H groups in total. The predicted octanol–water partition coefficient (Wildman–Crippen LogP) is 1.85. The molecule has 1 unspecified atom stereocenters. The molecule has 0 spiro atoms. The van der Waals surface area contributed by atoms with Gasteiger partial charge in [0.25, 0.3) is 0 Å². The van der Waals surface area contributed by atoms with Crippen molar-refractivity contribution in [2.45, 2.75) is 25.8 Å². The van der Waals surface area contributed by atoms with Gasteiger partial charge in [0.15, 0.2) is 0 Å². The van der Waals surface area contributed by atoms with Gasteiger partial charge >= 0.3 is 0 Å². The van der Waals surface area contributed by atoms with Gasteiger partial charge in [-0.15, -0.1) is 0 Å². The van der Waals surface area contributed by atoms with Crippen LogP contribution in [0.4, 0.5) is 5.69 Å². The lowest BCUT2D eigenvalue weighted by atomic mass is 10.2. The number of anilines is 1. The maximum Gasteiger partial charge on any atom is 0.0882 e. The molecule has 1 aromatic carbocycles. The van der Waals surface area contributed by atoms with Crippen LogP contribution in [0, 0.1) is 6.92 Å². The number of hydrogen-bond donors (Lipinski definition) is 1. The lowest BCUT2D eigenvalue weighted by Crippen LogP contribution is -2.33. The van der Waals surface area contributed by atoms with Gasteiger partial charge in [0.1, 0.15) is 0 Å². The minimum atomic E-state index is 0.441. The zero-order valence-corrected chi connectivity index (χ0v) is 9.15. The van der Waals surface area contributed by atoms with Crippen molar-refractivity contribution in [2.24, 2.45) is 5.90 Å². The van der Waals surface area contributed by atoms with Crippen molar-refractivity contribution in [1.82, 2.24) is 0 Å². The molecule has 1 aliphatic heterocycles. The van der Waals surface area contributed by atoms with E-state index >= 15 is 0 Å². The zero-order valence-electron chi connectivity index (χ0n) is 9.15. The van der Waals surface area contributed by atoms with Gasteiger partial charge in [-0.25, -0.2) is 5.90 Å². The summed E-state index contributed by atoms with van der Waals surface area (Å²) in [5.74, 6) is 5.15. The fraction of sp³-hybridized carbons (Fsp3) is 0.500. The summed E-state index contributed by atoms with van der Waals surface area (Å²) in [4.78, 5) is 7.15. The first-order valence-electron chi connectivity index (χ1n) is 5.46. The van der Waals surface area contributed by atoms with Gasteiger partial charge in [0, 0.05) is 12.2 Å². The van der Waals surface area contributed by atoms with E-state index in [2.05, 4.69) is 36.1 Å². The molecule has 0 saturated carbocycles. The number of hydrogen-bond acceptors (Lipinski definition) is 3. The molecule has 3 nitrogen and oxygen atoms in total. The zero-order chi connectivity index (χ0) is 10.7. The molecule has 2 rings (SSSR count). The lowest BCUT2D eigenvalue weighted by molar-refractivity contribution is 0.124. The van der Waals surface area contributed by atoms with Crippen LogP contribution in [0.15, 0.2) is 24.3 Å². The van der Waals surface area contributed by atoms with E-state index in [0.29, 0.717) is 12.6 Å². The van der Waals surface area contributed by atoms with E-state index in [1.165, 1.54) is 24.1 Å². The van der Waals surface area contributed by atoms with Crippen LogP contribution in [0.25, 0.3) is 0 Å². The summed E-state index contributed by atoms with van der Waals surface area (Å²) in [6.45, 7) is 3.85. The molecule has 1 fully saturated rings. The van der Waals surface area contributed by atoms with Gasteiger partial charge in [0.05, 0.1) is 12.6 Å². The molecule has 15 heavy (non-hydrogen) atoms. The molecule has 1 heterocycles. The Morgan fingerprint density at radius 2 is 2.40 bits per heavy atom. The third kappa shape index (κ3) is 2.30. The molecule has 0 amide bonds. The Morgan fingerprint density at radius 1 is 1.53 bits per heavy atom. The Kier molecular flexibility index (Phi) is 3.23. The molecular weight excluding hydrogens is 188 g/mol. The summed E-state index contributed by atoms with van der Waals surface area (Å²) in [6.07, 6.45) is 2.40. The van der Waals surface area contributed by atoms with Crippen molar-refractivity contribution in [3.8, 4) is 0 Å². The second kappa shape index (κ2) is 4.64. The van der Waals surface area contributed by atoms with Gasteiger partial charge in [-0.1, -0.05) is 12.1 Å². The highest BCUT2D eigenvalue weighted by Gasteiger charge is 2.24. The molecule has 0 radical (unpaired) electrons. The first-order chi connectivity index (χ1) is 7.31. The maximum absolute atomic E-state index is 5.15. The predicted molar refractivity (Wildman–Crippen MR) is 61.7 cm³/mol. The minimum absolute atomic E-state index is 0.441. The van der Waals surface area contributed by atoms with Crippen molar-refractivity contribution in [3.63, 3.8) is 0 Å². The van der Waals surface area contributed by atoms with Gasteiger partial charge in [0.2, 0.25) is 0 Å². The first-order valence-corrected chi connectivity index (χ1v) is 5.46. The molecular formula is C12H18N2O. The summed E-state index contributed by atoms with van der Waals surface area (Å²) in [5.41, 5.74) is 2.58. The van der Waals surface area contributed by atoms with E-state index in [-0.39, 0.29) is 0 Å². The standard InChI is InChI=1S/C12H18N2O/c1-10-4-2-5-11(8-10)14-7-3-6-12(14)9-15-13/h2,4-5,8,12H,3,6-7,9,13H2,1H3. The van der Waals surface area contributed by atoms with Gasteiger partial charge in [-0.2, -0.15) is 0 Å².